The Bertz CT molecular complexity index is 1050. The van der Waals surface area contributed by atoms with Gasteiger partial charge in [0.2, 0.25) is 0 Å². The van der Waals surface area contributed by atoms with Gasteiger partial charge in [-0.05, 0) is 37.6 Å². The van der Waals surface area contributed by atoms with Crippen molar-refractivity contribution in [2.45, 2.75) is 26.7 Å². The first-order valence-corrected chi connectivity index (χ1v) is 9.21. The van der Waals surface area contributed by atoms with E-state index in [2.05, 4.69) is 17.3 Å². The molecule has 1 aliphatic heterocycles. The molecule has 2 amide bonds. The first kappa shape index (κ1) is 17.3. The Balaban J connectivity index is 1.73. The molecule has 3 aromatic rings. The van der Waals surface area contributed by atoms with Crippen LogP contribution in [0.3, 0.4) is 0 Å². The van der Waals surface area contributed by atoms with Crippen molar-refractivity contribution < 1.29 is 9.59 Å². The number of hydrogen-bond acceptors (Lipinski definition) is 3. The van der Waals surface area contributed by atoms with Crippen LogP contribution in [0.2, 0.25) is 0 Å². The molecule has 0 aliphatic carbocycles. The van der Waals surface area contributed by atoms with Gasteiger partial charge in [-0.3, -0.25) is 14.3 Å². The molecule has 0 saturated heterocycles. The minimum Gasteiger partial charge on any atom is -0.320 e. The van der Waals surface area contributed by atoms with E-state index in [1.165, 1.54) is 0 Å². The van der Waals surface area contributed by atoms with Gasteiger partial charge < -0.3 is 10.2 Å². The van der Waals surface area contributed by atoms with Crippen LogP contribution in [0.25, 0.3) is 10.8 Å². The van der Waals surface area contributed by atoms with Crippen LogP contribution in [0, 0.1) is 6.92 Å². The molecule has 4 rings (SSSR count). The fourth-order valence-corrected chi connectivity index (χ4v) is 3.55. The van der Waals surface area contributed by atoms with Gasteiger partial charge in [0.1, 0.15) is 0 Å². The maximum Gasteiger partial charge on any atom is 0.276 e. The Labute approximate surface area is 157 Å². The molecular formula is C21H22N4O2. The van der Waals surface area contributed by atoms with E-state index in [9.17, 15) is 9.59 Å². The quantitative estimate of drug-likeness (QED) is 0.749. The van der Waals surface area contributed by atoms with Crippen molar-refractivity contribution in [3.63, 3.8) is 0 Å². The molecule has 0 saturated carbocycles. The topological polar surface area (TPSA) is 67.2 Å². The number of anilines is 2. The predicted octanol–water partition coefficient (Wildman–Crippen LogP) is 3.89. The van der Waals surface area contributed by atoms with Gasteiger partial charge in [-0.1, -0.05) is 25.5 Å². The van der Waals surface area contributed by atoms with E-state index >= 15 is 0 Å². The zero-order valence-electron chi connectivity index (χ0n) is 15.7. The third kappa shape index (κ3) is 2.77. The normalized spacial score (nSPS) is 12.9. The molecule has 2 aromatic carbocycles. The lowest BCUT2D eigenvalue weighted by Crippen LogP contribution is -2.27. The molecule has 0 spiro atoms. The summed E-state index contributed by atoms with van der Waals surface area (Å²) in [5.41, 5.74) is 3.60. The molecular weight excluding hydrogens is 340 g/mol. The minimum absolute atomic E-state index is 0.0351. The number of carbonyl (C=O) groups is 2. The van der Waals surface area contributed by atoms with E-state index in [0.717, 1.165) is 35.0 Å². The Hall–Kier alpha value is -3.15. The van der Waals surface area contributed by atoms with Crippen LogP contribution in [0.4, 0.5) is 11.4 Å². The fraction of sp³-hybridized carbons (Fsp3) is 0.286. The summed E-state index contributed by atoms with van der Waals surface area (Å²) in [5, 5.41) is 8.97. The molecule has 1 N–H and O–H groups in total. The third-order valence-corrected chi connectivity index (χ3v) is 5.11. The summed E-state index contributed by atoms with van der Waals surface area (Å²) in [6.45, 7) is 4.72. The van der Waals surface area contributed by atoms with Gasteiger partial charge in [-0.15, -0.1) is 0 Å². The van der Waals surface area contributed by atoms with Crippen molar-refractivity contribution in [3.05, 3.63) is 53.3 Å². The van der Waals surface area contributed by atoms with Crippen molar-refractivity contribution in [2.24, 2.45) is 7.05 Å². The van der Waals surface area contributed by atoms with Crippen LogP contribution in [0.5, 0.6) is 0 Å². The number of unbranched alkanes of at least 4 members (excludes halogenated alkanes) is 1. The van der Waals surface area contributed by atoms with E-state index in [0.29, 0.717) is 23.5 Å². The third-order valence-electron chi connectivity index (χ3n) is 5.11. The van der Waals surface area contributed by atoms with E-state index in [1.54, 1.807) is 10.7 Å². The van der Waals surface area contributed by atoms with Crippen molar-refractivity contribution in [1.29, 1.82) is 0 Å². The van der Waals surface area contributed by atoms with Gasteiger partial charge in [0.25, 0.3) is 11.8 Å². The Morgan fingerprint density at radius 2 is 2.04 bits per heavy atom. The highest BCUT2D eigenvalue weighted by molar-refractivity contribution is 6.27. The lowest BCUT2D eigenvalue weighted by Gasteiger charge is -2.17. The molecule has 0 atom stereocenters. The fourth-order valence-electron chi connectivity index (χ4n) is 3.55. The first-order valence-electron chi connectivity index (χ1n) is 9.21. The van der Waals surface area contributed by atoms with Crippen molar-refractivity contribution in [2.75, 3.05) is 16.8 Å². The molecule has 0 fully saturated rings. The van der Waals surface area contributed by atoms with Crippen molar-refractivity contribution in [3.8, 4) is 0 Å². The lowest BCUT2D eigenvalue weighted by molar-refractivity contribution is 0.0990. The average Bonchev–Trinajstić information content (AvgIpc) is 3.14. The van der Waals surface area contributed by atoms with Crippen molar-refractivity contribution in [1.82, 2.24) is 9.78 Å². The maximum absolute atomic E-state index is 12.8. The Morgan fingerprint density at radius 1 is 1.22 bits per heavy atom. The minimum atomic E-state index is -0.258. The highest BCUT2D eigenvalue weighted by Gasteiger charge is 2.30. The molecule has 0 radical (unpaired) electrons. The zero-order chi connectivity index (χ0) is 19.1. The highest BCUT2D eigenvalue weighted by Crippen LogP contribution is 2.40. The highest BCUT2D eigenvalue weighted by atomic mass is 16.2. The molecule has 2 heterocycles. The SMILES string of the molecule is CCCCN1C(=O)c2cccc3c(NC(=O)c4cc(C)n(C)n4)ccc1c23. The first-order chi connectivity index (χ1) is 13.0. The average molecular weight is 362 g/mol. The number of nitrogens with zero attached hydrogens (tertiary/aromatic N) is 3. The van der Waals surface area contributed by atoms with Crippen LogP contribution in [-0.2, 0) is 7.05 Å². The predicted molar refractivity (Wildman–Crippen MR) is 106 cm³/mol. The number of aryl methyl sites for hydroxylation is 2. The summed E-state index contributed by atoms with van der Waals surface area (Å²) >= 11 is 0. The summed E-state index contributed by atoms with van der Waals surface area (Å²) in [5.74, 6) is -0.223. The van der Waals surface area contributed by atoms with Crippen LogP contribution in [0.1, 0.15) is 46.3 Å². The lowest BCUT2D eigenvalue weighted by atomic mass is 10.0. The number of rotatable bonds is 5. The van der Waals surface area contributed by atoms with E-state index in [-0.39, 0.29) is 11.8 Å². The van der Waals surface area contributed by atoms with Gasteiger partial charge >= 0.3 is 0 Å². The molecule has 27 heavy (non-hydrogen) atoms. The molecule has 6 nitrogen and oxygen atoms in total. The number of amides is 2. The monoisotopic (exact) mass is 362 g/mol. The number of hydrogen-bond donors (Lipinski definition) is 1. The summed E-state index contributed by atoms with van der Waals surface area (Å²) in [7, 11) is 1.81. The zero-order valence-corrected chi connectivity index (χ0v) is 15.7. The Kier molecular flexibility index (Phi) is 4.18. The molecule has 1 aliphatic rings. The van der Waals surface area contributed by atoms with Crippen LogP contribution in [0.15, 0.2) is 36.4 Å². The summed E-state index contributed by atoms with van der Waals surface area (Å²) in [6.07, 6.45) is 1.99. The molecule has 0 bridgehead atoms. The number of carbonyl (C=O) groups excluding carboxylic acids is 2. The molecule has 138 valence electrons. The molecule has 1 aromatic heterocycles. The van der Waals surface area contributed by atoms with E-state index < -0.39 is 0 Å². The Morgan fingerprint density at radius 3 is 2.74 bits per heavy atom. The summed E-state index contributed by atoms with van der Waals surface area (Å²) in [4.78, 5) is 27.3. The van der Waals surface area contributed by atoms with Crippen LogP contribution in [-0.4, -0.2) is 28.1 Å². The second-order valence-electron chi connectivity index (χ2n) is 6.92. The smallest absolute Gasteiger partial charge is 0.276 e. The number of aromatic nitrogens is 2. The second kappa shape index (κ2) is 6.54. The molecule has 6 heteroatoms. The largest absolute Gasteiger partial charge is 0.320 e. The standard InChI is InChI=1S/C21H22N4O2/c1-4-5-11-25-18-10-9-16(14-7-6-8-15(19(14)18)21(25)27)22-20(26)17-12-13(2)24(3)23-17/h6-10,12H,4-5,11H2,1-3H3,(H,22,26). The van der Waals surface area contributed by atoms with E-state index in [1.807, 2.05) is 49.2 Å². The van der Waals surface area contributed by atoms with E-state index in [4.69, 9.17) is 0 Å². The van der Waals surface area contributed by atoms with Crippen LogP contribution < -0.4 is 10.2 Å². The number of benzene rings is 2. The van der Waals surface area contributed by atoms with Crippen molar-refractivity contribution >= 4 is 34.0 Å². The second-order valence-corrected chi connectivity index (χ2v) is 6.92. The number of nitrogens with one attached hydrogen (secondary N) is 1. The summed E-state index contributed by atoms with van der Waals surface area (Å²) < 4.78 is 1.67. The van der Waals surface area contributed by atoms with Gasteiger partial charge in [-0.25, -0.2) is 0 Å². The van der Waals surface area contributed by atoms with Gasteiger partial charge in [-0.2, -0.15) is 5.10 Å². The van der Waals surface area contributed by atoms with Crippen LogP contribution >= 0.6 is 0 Å². The maximum atomic E-state index is 12.8. The molecule has 0 unspecified atom stereocenters. The van der Waals surface area contributed by atoms with Gasteiger partial charge in [0.15, 0.2) is 5.69 Å². The summed E-state index contributed by atoms with van der Waals surface area (Å²) in [6, 6.07) is 11.2. The van der Waals surface area contributed by atoms with Gasteiger partial charge in [0.05, 0.1) is 5.69 Å². The van der Waals surface area contributed by atoms with Gasteiger partial charge in [0, 0.05) is 41.3 Å².